The number of nitrogens with one attached hydrogen (secondary N) is 1. The molecule has 0 saturated carbocycles. The number of hydrogen-bond acceptors (Lipinski definition) is 11. The summed E-state index contributed by atoms with van der Waals surface area (Å²) in [6, 6.07) is 32.7. The SMILES string of the molecule is COc1ccc(C(OC[C@H]2O[C@@H](n3cnc4c(NC(=O)c5ccccc5)ncnc43)[C@@H](F)[C@H]2O[P+](=O)O)(c2ccccc2)c2ccc(OC)cc2)cc1.N. The maximum absolute atomic E-state index is 16.5. The van der Waals surface area contributed by atoms with E-state index in [0.29, 0.717) is 28.2 Å². The Labute approximate surface area is 310 Å². The van der Waals surface area contributed by atoms with E-state index >= 15 is 4.39 Å². The highest BCUT2D eigenvalue weighted by atomic mass is 31.1. The van der Waals surface area contributed by atoms with Crippen molar-refractivity contribution in [1.29, 1.82) is 0 Å². The molecule has 3 heterocycles. The zero-order valence-corrected chi connectivity index (χ0v) is 30.1. The zero-order chi connectivity index (χ0) is 37.0. The molecule has 1 fully saturated rings. The van der Waals surface area contributed by atoms with E-state index in [0.717, 1.165) is 5.56 Å². The van der Waals surface area contributed by atoms with Crippen molar-refractivity contribution in [2.24, 2.45) is 0 Å². The Balaban J connectivity index is 0.00000497. The molecule has 278 valence electrons. The van der Waals surface area contributed by atoms with Gasteiger partial charge in [-0.1, -0.05) is 72.8 Å². The number of carbonyl (C=O) groups excluding carboxylic acids is 1. The zero-order valence-electron chi connectivity index (χ0n) is 29.2. The molecule has 0 spiro atoms. The third kappa shape index (κ3) is 7.41. The largest absolute Gasteiger partial charge is 0.695 e. The van der Waals surface area contributed by atoms with E-state index in [4.69, 9.17) is 23.5 Å². The van der Waals surface area contributed by atoms with Crippen LogP contribution >= 0.6 is 8.25 Å². The number of methoxy groups -OCH3 is 2. The molecule has 1 aliphatic rings. The van der Waals surface area contributed by atoms with E-state index in [-0.39, 0.29) is 29.7 Å². The number of nitrogens with zero attached hydrogens (tertiary/aromatic N) is 4. The quantitative estimate of drug-likeness (QED) is 0.0854. The van der Waals surface area contributed by atoms with E-state index in [2.05, 4.69) is 20.3 Å². The second-order valence-corrected chi connectivity index (χ2v) is 12.7. The average Bonchev–Trinajstić information content (AvgIpc) is 3.76. The van der Waals surface area contributed by atoms with Crippen LogP contribution in [0, 0.1) is 0 Å². The third-order valence-electron chi connectivity index (χ3n) is 9.02. The number of carbonyl (C=O) groups is 1. The van der Waals surface area contributed by atoms with Gasteiger partial charge in [0.15, 0.2) is 35.5 Å². The first-order valence-electron chi connectivity index (χ1n) is 16.5. The minimum absolute atomic E-state index is 0. The normalized spacial score (nSPS) is 18.5. The Hall–Kier alpha value is -5.67. The topological polar surface area (TPSA) is 191 Å². The number of aromatic nitrogens is 4. The summed E-state index contributed by atoms with van der Waals surface area (Å²) < 4.78 is 59.2. The fourth-order valence-corrected chi connectivity index (χ4v) is 6.92. The van der Waals surface area contributed by atoms with Crippen LogP contribution in [0.4, 0.5) is 10.2 Å². The standard InChI is InChI=1S/C38H33FN5O8P.H3N/c1-48-28-17-13-26(14-18-28)38(25-11-7-4-8-12-25,27-15-19-29(49-2)20-16-27)50-21-30-33(52-53(46)47)31(39)37(51-30)44-23-42-32-34(40-22-41-35(32)44)43-36(45)24-9-5-3-6-10-24;/h3-20,22-23,30-31,33,37H,21H2,1-2H3,(H-,40,41,43,45,46,47);1H3/p+1/t30-,31+,33+,37-;/m1./s1. The molecule has 1 unspecified atom stereocenters. The molecule has 1 saturated heterocycles. The molecule has 6 aromatic rings. The average molecular weight is 756 g/mol. The van der Waals surface area contributed by atoms with E-state index in [9.17, 15) is 14.3 Å². The Kier molecular flexibility index (Phi) is 11.7. The summed E-state index contributed by atoms with van der Waals surface area (Å²) in [5.74, 6) is 0.946. The molecule has 1 aliphatic heterocycles. The van der Waals surface area contributed by atoms with Gasteiger partial charge in [0.05, 0.1) is 27.2 Å². The van der Waals surface area contributed by atoms with Crippen molar-refractivity contribution < 1.29 is 42.1 Å². The number of imidazole rings is 1. The summed E-state index contributed by atoms with van der Waals surface area (Å²) in [7, 11) is -0.0996. The number of ether oxygens (including phenoxy) is 4. The fourth-order valence-electron chi connectivity index (χ4n) is 6.46. The number of fused-ring (bicyclic) bond motifs is 1. The van der Waals surface area contributed by atoms with Crippen molar-refractivity contribution in [3.05, 3.63) is 144 Å². The number of rotatable bonds is 13. The van der Waals surface area contributed by atoms with Crippen molar-refractivity contribution in [3.63, 3.8) is 0 Å². The number of benzene rings is 4. The maximum Gasteiger partial charge on any atom is 0.695 e. The van der Waals surface area contributed by atoms with Crippen LogP contribution in [-0.4, -0.2) is 69.5 Å². The van der Waals surface area contributed by atoms with Gasteiger partial charge in [-0.3, -0.25) is 9.36 Å². The first kappa shape index (κ1) is 38.1. The van der Waals surface area contributed by atoms with E-state index in [1.165, 1.54) is 17.2 Å². The smallest absolute Gasteiger partial charge is 0.497 e. The minimum atomic E-state index is -3.25. The molecule has 0 aliphatic carbocycles. The Bertz CT molecular complexity index is 2150. The van der Waals surface area contributed by atoms with Crippen LogP contribution in [0.5, 0.6) is 11.5 Å². The van der Waals surface area contributed by atoms with Crippen molar-refractivity contribution in [2.75, 3.05) is 26.1 Å². The Morgan fingerprint density at radius 3 is 2.02 bits per heavy atom. The number of anilines is 1. The minimum Gasteiger partial charge on any atom is -0.497 e. The summed E-state index contributed by atoms with van der Waals surface area (Å²) in [5.41, 5.74) is 1.62. The molecule has 0 bridgehead atoms. The second-order valence-electron chi connectivity index (χ2n) is 12.0. The maximum atomic E-state index is 16.5. The first-order valence-corrected chi connectivity index (χ1v) is 17.6. The van der Waals surface area contributed by atoms with Crippen molar-refractivity contribution in [3.8, 4) is 11.5 Å². The van der Waals surface area contributed by atoms with Gasteiger partial charge in [-0.2, -0.15) is 0 Å². The summed E-state index contributed by atoms with van der Waals surface area (Å²) in [6.07, 6.45) is -3.61. The fraction of sp³-hybridized carbons (Fsp3) is 0.211. The number of amides is 1. The van der Waals surface area contributed by atoms with Gasteiger partial charge < -0.3 is 30.4 Å². The summed E-state index contributed by atoms with van der Waals surface area (Å²) in [4.78, 5) is 35.6. The molecule has 0 radical (unpaired) electrons. The molecule has 5 atom stereocenters. The monoisotopic (exact) mass is 755 g/mol. The van der Waals surface area contributed by atoms with Gasteiger partial charge >= 0.3 is 8.25 Å². The van der Waals surface area contributed by atoms with Crippen LogP contribution in [0.25, 0.3) is 11.2 Å². The molecule has 2 aromatic heterocycles. The summed E-state index contributed by atoms with van der Waals surface area (Å²) in [5, 5.41) is 2.73. The van der Waals surface area contributed by atoms with Crippen molar-refractivity contribution in [2.45, 2.75) is 30.2 Å². The van der Waals surface area contributed by atoms with Gasteiger partial charge in [-0.25, -0.2) is 19.3 Å². The molecule has 16 heteroatoms. The third-order valence-corrected chi connectivity index (χ3v) is 9.44. The van der Waals surface area contributed by atoms with Crippen LogP contribution in [0.3, 0.4) is 0 Å². The van der Waals surface area contributed by atoms with Gasteiger partial charge in [0, 0.05) is 10.1 Å². The predicted octanol–water partition coefficient (Wildman–Crippen LogP) is 6.54. The Morgan fingerprint density at radius 2 is 1.44 bits per heavy atom. The summed E-state index contributed by atoms with van der Waals surface area (Å²) >= 11 is 0. The van der Waals surface area contributed by atoms with Gasteiger partial charge in [-0.05, 0) is 53.1 Å². The molecule has 54 heavy (non-hydrogen) atoms. The van der Waals surface area contributed by atoms with E-state index in [1.54, 1.807) is 44.6 Å². The molecule has 4 aromatic carbocycles. The molecule has 7 rings (SSSR count). The number of hydrogen-bond donors (Lipinski definition) is 3. The highest BCUT2D eigenvalue weighted by Gasteiger charge is 2.53. The molecule has 5 N–H and O–H groups in total. The predicted molar refractivity (Wildman–Crippen MR) is 197 cm³/mol. The lowest BCUT2D eigenvalue weighted by atomic mass is 9.80. The van der Waals surface area contributed by atoms with Crippen LogP contribution in [0.2, 0.25) is 0 Å². The number of alkyl halides is 1. The van der Waals surface area contributed by atoms with Crippen LogP contribution in [-0.2, 0) is 24.2 Å². The van der Waals surface area contributed by atoms with Crippen LogP contribution in [0.1, 0.15) is 33.3 Å². The van der Waals surface area contributed by atoms with Crippen LogP contribution in [0.15, 0.2) is 122 Å². The molecular weight excluding hydrogens is 718 g/mol. The summed E-state index contributed by atoms with van der Waals surface area (Å²) in [6.45, 7) is -0.294. The second kappa shape index (κ2) is 16.6. The number of halogens is 1. The van der Waals surface area contributed by atoms with Gasteiger partial charge in [-0.15, -0.1) is 9.42 Å². The van der Waals surface area contributed by atoms with Gasteiger partial charge in [0.25, 0.3) is 5.91 Å². The first-order chi connectivity index (χ1) is 25.8. The van der Waals surface area contributed by atoms with Crippen molar-refractivity contribution in [1.82, 2.24) is 25.7 Å². The lowest BCUT2D eigenvalue weighted by Crippen LogP contribution is -2.39. The molecule has 1 amide bonds. The highest BCUT2D eigenvalue weighted by Crippen LogP contribution is 2.44. The van der Waals surface area contributed by atoms with Gasteiger partial charge in [0.2, 0.25) is 0 Å². The molecular formula is C38H37FN6O8P+. The van der Waals surface area contributed by atoms with Crippen LogP contribution < -0.4 is 20.9 Å². The van der Waals surface area contributed by atoms with Crippen molar-refractivity contribution >= 4 is 31.1 Å². The Morgan fingerprint density at radius 1 is 0.870 bits per heavy atom. The van der Waals surface area contributed by atoms with E-state index in [1.807, 2.05) is 78.9 Å². The lowest BCUT2D eigenvalue weighted by Gasteiger charge is -2.37. The van der Waals surface area contributed by atoms with E-state index < -0.39 is 44.4 Å². The molecule has 14 nitrogen and oxygen atoms in total. The lowest BCUT2D eigenvalue weighted by molar-refractivity contribution is -0.0912. The highest BCUT2D eigenvalue weighted by molar-refractivity contribution is 7.32. The van der Waals surface area contributed by atoms with Gasteiger partial charge in [0.1, 0.15) is 29.5 Å².